The molecule has 3 aromatic rings. The van der Waals surface area contributed by atoms with Gasteiger partial charge in [-0.25, -0.2) is 14.2 Å². The summed E-state index contributed by atoms with van der Waals surface area (Å²) in [5, 5.41) is 6.33. The number of carbonyl (C=O) groups is 2. The molecule has 0 spiro atoms. The fraction of sp³-hybridized carbons (Fsp3) is 0.136. The number of nitrogens with one attached hydrogen (secondary N) is 2. The second kappa shape index (κ2) is 8.54. The third-order valence-electron chi connectivity index (χ3n) is 4.65. The average molecular weight is 422 g/mol. The summed E-state index contributed by atoms with van der Waals surface area (Å²) in [4.78, 5) is 31.3. The van der Waals surface area contributed by atoms with Gasteiger partial charge in [0.15, 0.2) is 0 Å². The Bertz CT molecular complexity index is 1120. The highest BCUT2D eigenvalue weighted by molar-refractivity contribution is 7.99. The monoisotopic (exact) mass is 422 g/mol. The largest absolute Gasteiger partial charge is 0.326 e. The normalized spacial score (nSPS) is 12.8. The van der Waals surface area contributed by atoms with Crippen molar-refractivity contribution >= 4 is 40.8 Å². The van der Waals surface area contributed by atoms with Crippen LogP contribution < -0.4 is 15.5 Å². The molecular formula is C22H19FN4O2S. The fourth-order valence-electron chi connectivity index (χ4n) is 3.07. The van der Waals surface area contributed by atoms with Crippen molar-refractivity contribution in [2.45, 2.75) is 11.9 Å². The van der Waals surface area contributed by atoms with Crippen LogP contribution in [0.25, 0.3) is 0 Å². The Kier molecular flexibility index (Phi) is 5.67. The van der Waals surface area contributed by atoms with Crippen molar-refractivity contribution in [1.29, 1.82) is 0 Å². The molecule has 0 atom stereocenters. The highest BCUT2D eigenvalue weighted by Crippen LogP contribution is 2.32. The number of aromatic nitrogens is 1. The van der Waals surface area contributed by atoms with Gasteiger partial charge in [0.05, 0.1) is 5.69 Å². The van der Waals surface area contributed by atoms with Crippen LogP contribution in [-0.4, -0.2) is 29.2 Å². The Morgan fingerprint density at radius 3 is 2.73 bits per heavy atom. The standard InChI is InChI=1S/C22H19FN4O2S/c1-14-7-8-17(13-18(14)23)25-20(28)15-4-2-5-16(12-15)26-22(29)27-10-11-30-21-19(27)6-3-9-24-21/h2-9,12-13H,10-11H2,1H3,(H,25,28)(H,26,29). The van der Waals surface area contributed by atoms with Crippen molar-refractivity contribution in [3.63, 3.8) is 0 Å². The Balaban J connectivity index is 1.48. The minimum Gasteiger partial charge on any atom is -0.322 e. The zero-order chi connectivity index (χ0) is 21.1. The van der Waals surface area contributed by atoms with Crippen LogP contribution in [0.5, 0.6) is 0 Å². The molecule has 2 aromatic carbocycles. The summed E-state index contributed by atoms with van der Waals surface area (Å²) in [6.07, 6.45) is 1.70. The van der Waals surface area contributed by atoms with Gasteiger partial charge in [0.2, 0.25) is 0 Å². The third kappa shape index (κ3) is 4.28. The number of rotatable bonds is 3. The summed E-state index contributed by atoms with van der Waals surface area (Å²) >= 11 is 1.61. The molecule has 0 saturated heterocycles. The van der Waals surface area contributed by atoms with Crippen LogP contribution in [0, 0.1) is 12.7 Å². The van der Waals surface area contributed by atoms with E-state index in [0.717, 1.165) is 16.5 Å². The van der Waals surface area contributed by atoms with Gasteiger partial charge >= 0.3 is 6.03 Å². The highest BCUT2D eigenvalue weighted by atomic mass is 32.2. The van der Waals surface area contributed by atoms with Crippen molar-refractivity contribution in [2.24, 2.45) is 0 Å². The Hall–Kier alpha value is -3.39. The highest BCUT2D eigenvalue weighted by Gasteiger charge is 2.23. The van der Waals surface area contributed by atoms with Crippen LogP contribution in [0.1, 0.15) is 15.9 Å². The lowest BCUT2D eigenvalue weighted by molar-refractivity contribution is 0.102. The number of halogens is 1. The van der Waals surface area contributed by atoms with Gasteiger partial charge in [-0.15, -0.1) is 11.8 Å². The third-order valence-corrected chi connectivity index (χ3v) is 5.62. The van der Waals surface area contributed by atoms with E-state index < -0.39 is 5.91 Å². The zero-order valence-corrected chi connectivity index (χ0v) is 17.0. The molecule has 3 amide bonds. The lowest BCUT2D eigenvalue weighted by Gasteiger charge is -2.28. The van der Waals surface area contributed by atoms with Gasteiger partial charge in [-0.05, 0) is 55.0 Å². The number of pyridine rings is 1. The van der Waals surface area contributed by atoms with Gasteiger partial charge in [0.25, 0.3) is 5.91 Å². The Morgan fingerprint density at radius 1 is 1.07 bits per heavy atom. The van der Waals surface area contributed by atoms with Gasteiger partial charge in [-0.1, -0.05) is 12.1 Å². The summed E-state index contributed by atoms with van der Waals surface area (Å²) in [6.45, 7) is 2.22. The Labute approximate surface area is 177 Å². The molecule has 8 heteroatoms. The fourth-order valence-corrected chi connectivity index (χ4v) is 4.00. The SMILES string of the molecule is Cc1ccc(NC(=O)c2cccc(NC(=O)N3CCSc4ncccc43)c2)cc1F. The van der Waals surface area contributed by atoms with E-state index in [1.807, 2.05) is 6.07 Å². The van der Waals surface area contributed by atoms with Crippen LogP contribution in [0.15, 0.2) is 65.8 Å². The number of benzene rings is 2. The number of amides is 3. The van der Waals surface area contributed by atoms with Crippen molar-refractivity contribution in [3.8, 4) is 0 Å². The molecule has 4 rings (SSSR count). The van der Waals surface area contributed by atoms with Crippen LogP contribution >= 0.6 is 11.8 Å². The van der Waals surface area contributed by atoms with Crippen LogP contribution in [0.3, 0.4) is 0 Å². The number of carbonyl (C=O) groups excluding carboxylic acids is 2. The summed E-state index contributed by atoms with van der Waals surface area (Å²) in [6, 6.07) is 14.5. The summed E-state index contributed by atoms with van der Waals surface area (Å²) in [5.74, 6) is -0.0194. The van der Waals surface area contributed by atoms with Gasteiger partial charge in [-0.3, -0.25) is 9.69 Å². The predicted octanol–water partition coefficient (Wildman–Crippen LogP) is 4.93. The molecule has 0 fully saturated rings. The zero-order valence-electron chi connectivity index (χ0n) is 16.2. The lowest BCUT2D eigenvalue weighted by atomic mass is 10.1. The van der Waals surface area contributed by atoms with Crippen LogP contribution in [0.2, 0.25) is 0 Å². The number of hydrogen-bond donors (Lipinski definition) is 2. The first-order chi connectivity index (χ1) is 14.5. The van der Waals surface area contributed by atoms with Crippen LogP contribution in [0.4, 0.5) is 26.2 Å². The predicted molar refractivity (Wildman–Crippen MR) is 117 cm³/mol. The topological polar surface area (TPSA) is 74.3 Å². The molecule has 1 aliphatic rings. The molecule has 2 N–H and O–H groups in total. The van der Waals surface area contributed by atoms with Crippen molar-refractivity contribution in [3.05, 3.63) is 77.7 Å². The molecular weight excluding hydrogens is 403 g/mol. The maximum absolute atomic E-state index is 13.7. The Morgan fingerprint density at radius 2 is 1.90 bits per heavy atom. The number of urea groups is 1. The molecule has 0 aliphatic carbocycles. The second-order valence-corrected chi connectivity index (χ2v) is 7.84. The van der Waals surface area contributed by atoms with E-state index in [4.69, 9.17) is 0 Å². The number of hydrogen-bond acceptors (Lipinski definition) is 4. The first-order valence-corrected chi connectivity index (χ1v) is 10.3. The summed E-state index contributed by atoms with van der Waals surface area (Å²) in [7, 11) is 0. The molecule has 0 bridgehead atoms. The molecule has 6 nitrogen and oxygen atoms in total. The maximum atomic E-state index is 13.7. The molecule has 0 saturated carbocycles. The molecule has 1 aliphatic heterocycles. The van der Waals surface area contributed by atoms with Gasteiger partial charge < -0.3 is 10.6 Å². The van der Waals surface area contributed by atoms with Crippen molar-refractivity contribution in [2.75, 3.05) is 27.8 Å². The molecule has 0 unspecified atom stereocenters. The summed E-state index contributed by atoms with van der Waals surface area (Å²) < 4.78 is 13.7. The van der Waals surface area contributed by atoms with Gasteiger partial charge in [-0.2, -0.15) is 0 Å². The second-order valence-electron chi connectivity index (χ2n) is 6.76. The minimum absolute atomic E-state index is 0.289. The number of nitrogens with zero attached hydrogens (tertiary/aromatic N) is 2. The molecule has 0 radical (unpaired) electrons. The quantitative estimate of drug-likeness (QED) is 0.628. The van der Waals surface area contributed by atoms with Crippen LogP contribution in [-0.2, 0) is 0 Å². The van der Waals surface area contributed by atoms with Crippen molar-refractivity contribution < 1.29 is 14.0 Å². The van der Waals surface area contributed by atoms with Gasteiger partial charge in [0.1, 0.15) is 10.8 Å². The number of aryl methyl sites for hydroxylation is 1. The van der Waals surface area contributed by atoms with E-state index in [9.17, 15) is 14.0 Å². The number of thioether (sulfide) groups is 1. The minimum atomic E-state index is -0.390. The lowest BCUT2D eigenvalue weighted by Crippen LogP contribution is -2.38. The average Bonchev–Trinajstić information content (AvgIpc) is 2.76. The van der Waals surface area contributed by atoms with E-state index in [1.165, 1.54) is 6.07 Å². The van der Waals surface area contributed by atoms with Crippen molar-refractivity contribution in [1.82, 2.24) is 4.98 Å². The first kappa shape index (κ1) is 19.9. The maximum Gasteiger partial charge on any atom is 0.326 e. The van der Waals surface area contributed by atoms with E-state index in [1.54, 1.807) is 72.2 Å². The molecule has 152 valence electrons. The smallest absolute Gasteiger partial charge is 0.322 e. The van der Waals surface area contributed by atoms with E-state index in [0.29, 0.717) is 29.0 Å². The molecule has 2 heterocycles. The van der Waals surface area contributed by atoms with E-state index in [2.05, 4.69) is 15.6 Å². The van der Waals surface area contributed by atoms with E-state index >= 15 is 0 Å². The number of anilines is 3. The van der Waals surface area contributed by atoms with Gasteiger partial charge in [0, 0.05) is 35.4 Å². The number of fused-ring (bicyclic) bond motifs is 1. The first-order valence-electron chi connectivity index (χ1n) is 9.35. The molecule has 30 heavy (non-hydrogen) atoms. The van der Waals surface area contributed by atoms with E-state index in [-0.39, 0.29) is 11.8 Å². The summed E-state index contributed by atoms with van der Waals surface area (Å²) in [5.41, 5.74) is 2.48. The molecule has 1 aromatic heterocycles.